The molecule has 3 heterocycles. The maximum Gasteiger partial charge on any atom is 0.254 e. The molecule has 1 aromatic carbocycles. The van der Waals surface area contributed by atoms with Crippen LogP contribution in [0.2, 0.25) is 0 Å². The average Bonchev–Trinajstić information content (AvgIpc) is 3.86. The molecule has 12 nitrogen and oxygen atoms in total. The molecule has 3 aromatic rings. The Morgan fingerprint density at radius 1 is 1.13 bits per heavy atom. The number of anilines is 1. The van der Waals surface area contributed by atoms with E-state index in [4.69, 9.17) is 10.5 Å². The van der Waals surface area contributed by atoms with Crippen LogP contribution in [0.4, 0.5) is 5.82 Å². The summed E-state index contributed by atoms with van der Waals surface area (Å²) in [7, 11) is 0. The zero-order valence-corrected chi connectivity index (χ0v) is 21.1. The van der Waals surface area contributed by atoms with Crippen LogP contribution < -0.4 is 11.1 Å². The van der Waals surface area contributed by atoms with E-state index >= 15 is 0 Å². The Balaban J connectivity index is 1.22. The van der Waals surface area contributed by atoms with Gasteiger partial charge in [-0.15, -0.1) is 0 Å². The largest absolute Gasteiger partial charge is 0.387 e. The third kappa shape index (κ3) is 5.29. The van der Waals surface area contributed by atoms with Crippen LogP contribution >= 0.6 is 0 Å². The van der Waals surface area contributed by atoms with Gasteiger partial charge in [-0.2, -0.15) is 0 Å². The highest BCUT2D eigenvalue weighted by Crippen LogP contribution is 2.33. The first-order valence-electron chi connectivity index (χ1n) is 13.0. The van der Waals surface area contributed by atoms with E-state index < -0.39 is 30.4 Å². The lowest BCUT2D eigenvalue weighted by Gasteiger charge is -2.20. The molecule has 2 amide bonds. The quantitative estimate of drug-likeness (QED) is 0.311. The van der Waals surface area contributed by atoms with Crippen LogP contribution in [-0.4, -0.2) is 83.9 Å². The van der Waals surface area contributed by atoms with Gasteiger partial charge in [0.05, 0.1) is 12.9 Å². The standard InChI is InChI=1S/C27H29N7O5/c28-23-19-24(34(14-29-19)27-21(36)20(35)22(39-27)25(37)30-17-10-11-17)32-18(31-23)7-4-12-33(13-15-8-9-15)26(38)16-5-2-1-3-6-16/h1-3,5-6,14-15,17,20-22,27,35-36H,8-13H2,(H,30,37)(H2,28,31,32)/t20?,21-,22+,27-/m1/s1. The van der Waals surface area contributed by atoms with Crippen molar-refractivity contribution in [3.05, 3.63) is 48.0 Å². The van der Waals surface area contributed by atoms with Crippen LogP contribution in [0.1, 0.15) is 48.1 Å². The number of hydrogen-bond acceptors (Lipinski definition) is 9. The average molecular weight is 532 g/mol. The van der Waals surface area contributed by atoms with E-state index in [1.165, 1.54) is 10.9 Å². The van der Waals surface area contributed by atoms with Crippen LogP contribution in [0.3, 0.4) is 0 Å². The fourth-order valence-electron chi connectivity index (χ4n) is 4.61. The van der Waals surface area contributed by atoms with Gasteiger partial charge in [0.25, 0.3) is 11.8 Å². The zero-order valence-electron chi connectivity index (χ0n) is 21.1. The summed E-state index contributed by atoms with van der Waals surface area (Å²) in [5.41, 5.74) is 7.23. The number of nitrogen functional groups attached to an aromatic ring is 1. The van der Waals surface area contributed by atoms with Crippen molar-refractivity contribution < 1.29 is 24.5 Å². The molecule has 4 atom stereocenters. The minimum Gasteiger partial charge on any atom is -0.387 e. The Morgan fingerprint density at radius 2 is 1.90 bits per heavy atom. The highest BCUT2D eigenvalue weighted by molar-refractivity contribution is 5.94. The fraction of sp³-hybridized carbons (Fsp3) is 0.444. The van der Waals surface area contributed by atoms with Gasteiger partial charge in [0.15, 0.2) is 23.8 Å². The second kappa shape index (κ2) is 10.3. The molecule has 3 aliphatic rings. The van der Waals surface area contributed by atoms with Gasteiger partial charge in [-0.1, -0.05) is 24.1 Å². The third-order valence-corrected chi connectivity index (χ3v) is 7.10. The molecule has 2 aliphatic carbocycles. The van der Waals surface area contributed by atoms with Crippen molar-refractivity contribution in [1.82, 2.24) is 29.7 Å². The molecule has 6 rings (SSSR count). The number of nitrogens with two attached hydrogens (primary N) is 1. The van der Waals surface area contributed by atoms with Crippen LogP contribution in [-0.2, 0) is 9.53 Å². The number of fused-ring (bicyclic) bond motifs is 1. The zero-order chi connectivity index (χ0) is 27.1. The van der Waals surface area contributed by atoms with Crippen LogP contribution in [0.15, 0.2) is 36.7 Å². The van der Waals surface area contributed by atoms with Gasteiger partial charge >= 0.3 is 0 Å². The number of imidazole rings is 1. The van der Waals surface area contributed by atoms with E-state index in [1.54, 1.807) is 17.0 Å². The molecule has 1 aliphatic heterocycles. The van der Waals surface area contributed by atoms with Crippen molar-refractivity contribution in [3.63, 3.8) is 0 Å². The molecule has 3 fully saturated rings. The maximum atomic E-state index is 13.0. The number of aliphatic hydroxyl groups is 2. The van der Waals surface area contributed by atoms with E-state index in [0.717, 1.165) is 25.7 Å². The number of amides is 2. The summed E-state index contributed by atoms with van der Waals surface area (Å²) in [5.74, 6) is 5.99. The number of aromatic nitrogens is 4. The number of nitrogens with one attached hydrogen (secondary N) is 1. The smallest absolute Gasteiger partial charge is 0.254 e. The van der Waals surface area contributed by atoms with Gasteiger partial charge in [-0.05, 0) is 49.7 Å². The Labute approximate surface area is 224 Å². The molecular weight excluding hydrogens is 502 g/mol. The van der Waals surface area contributed by atoms with Crippen LogP contribution in [0.25, 0.3) is 11.2 Å². The van der Waals surface area contributed by atoms with E-state index in [2.05, 4.69) is 32.1 Å². The number of ether oxygens (including phenoxy) is 1. The van der Waals surface area contributed by atoms with Gasteiger partial charge in [-0.25, -0.2) is 15.0 Å². The minimum absolute atomic E-state index is 0.0781. The number of rotatable bonds is 7. The highest BCUT2D eigenvalue weighted by Gasteiger charge is 2.48. The number of benzene rings is 1. The number of carbonyl (C=O) groups excluding carboxylic acids is 2. The van der Waals surface area contributed by atoms with E-state index in [0.29, 0.717) is 18.0 Å². The molecule has 202 valence electrons. The number of hydrogen-bond donors (Lipinski definition) is 4. The van der Waals surface area contributed by atoms with Gasteiger partial charge in [0, 0.05) is 18.2 Å². The summed E-state index contributed by atoms with van der Waals surface area (Å²) < 4.78 is 7.17. The lowest BCUT2D eigenvalue weighted by atomic mass is 10.1. The molecule has 2 aromatic heterocycles. The second-order valence-electron chi connectivity index (χ2n) is 10.3. The molecule has 5 N–H and O–H groups in total. The fourth-order valence-corrected chi connectivity index (χ4v) is 4.61. The summed E-state index contributed by atoms with van der Waals surface area (Å²) >= 11 is 0. The molecule has 0 spiro atoms. The number of carbonyl (C=O) groups is 2. The lowest BCUT2D eigenvalue weighted by molar-refractivity contribution is -0.137. The topological polar surface area (TPSA) is 169 Å². The van der Waals surface area contributed by atoms with Gasteiger partial charge < -0.3 is 30.9 Å². The molecule has 1 saturated heterocycles. The molecule has 2 saturated carbocycles. The first-order valence-corrected chi connectivity index (χ1v) is 13.0. The normalized spacial score (nSPS) is 24.3. The Hall–Kier alpha value is -4.05. The van der Waals surface area contributed by atoms with Gasteiger partial charge in [0.2, 0.25) is 5.82 Å². The van der Waals surface area contributed by atoms with Gasteiger partial charge in [-0.3, -0.25) is 14.2 Å². The van der Waals surface area contributed by atoms with Crippen molar-refractivity contribution in [2.75, 3.05) is 18.8 Å². The Bertz CT molecular complexity index is 1460. The molecular formula is C27H29N7O5. The molecule has 1 unspecified atom stereocenters. The summed E-state index contributed by atoms with van der Waals surface area (Å²) in [6.45, 7) is 0.825. The number of nitrogens with zero attached hydrogens (tertiary/aromatic N) is 5. The summed E-state index contributed by atoms with van der Waals surface area (Å²) in [4.78, 5) is 40.2. The van der Waals surface area contributed by atoms with Crippen molar-refractivity contribution in [3.8, 4) is 11.8 Å². The van der Waals surface area contributed by atoms with Crippen molar-refractivity contribution >= 4 is 28.8 Å². The van der Waals surface area contributed by atoms with E-state index in [-0.39, 0.29) is 41.3 Å². The van der Waals surface area contributed by atoms with Crippen molar-refractivity contribution in [1.29, 1.82) is 0 Å². The molecule has 0 bridgehead atoms. The predicted octanol–water partition coefficient (Wildman–Crippen LogP) is 0.210. The Kier molecular flexibility index (Phi) is 6.64. The minimum atomic E-state index is -1.43. The monoisotopic (exact) mass is 531 g/mol. The Morgan fingerprint density at radius 3 is 2.62 bits per heavy atom. The van der Waals surface area contributed by atoms with Crippen molar-refractivity contribution in [2.24, 2.45) is 5.92 Å². The third-order valence-electron chi connectivity index (χ3n) is 7.10. The summed E-state index contributed by atoms with van der Waals surface area (Å²) in [5, 5.41) is 24.0. The molecule has 39 heavy (non-hydrogen) atoms. The maximum absolute atomic E-state index is 13.0. The number of aliphatic hydroxyl groups excluding tert-OH is 2. The SMILES string of the molecule is Nc1nc(C#CCN(CC2CC2)C(=O)c2ccccc2)nc2c1ncn2[C@@H]1O[C@H](C(=O)NC2CC2)C(O)[C@H]1O. The summed E-state index contributed by atoms with van der Waals surface area (Å²) in [6.07, 6.45) is 0.140. The lowest BCUT2D eigenvalue weighted by Crippen LogP contribution is -2.43. The summed E-state index contributed by atoms with van der Waals surface area (Å²) in [6, 6.07) is 9.17. The first kappa shape index (κ1) is 25.2. The van der Waals surface area contributed by atoms with Gasteiger partial charge in [0.1, 0.15) is 17.7 Å². The van der Waals surface area contributed by atoms with Crippen molar-refractivity contribution in [2.45, 2.75) is 56.3 Å². The second-order valence-corrected chi connectivity index (χ2v) is 10.3. The predicted molar refractivity (Wildman–Crippen MR) is 139 cm³/mol. The highest BCUT2D eigenvalue weighted by atomic mass is 16.6. The molecule has 12 heteroatoms. The first-order chi connectivity index (χ1) is 18.9. The van der Waals surface area contributed by atoms with Crippen LogP contribution in [0, 0.1) is 17.8 Å². The van der Waals surface area contributed by atoms with E-state index in [1.807, 2.05) is 18.2 Å². The van der Waals surface area contributed by atoms with E-state index in [9.17, 15) is 19.8 Å². The van der Waals surface area contributed by atoms with Crippen LogP contribution in [0.5, 0.6) is 0 Å². The molecule has 0 radical (unpaired) electrons.